The maximum absolute atomic E-state index is 14.9. The highest BCUT2D eigenvalue weighted by molar-refractivity contribution is 5.68. The molecule has 2 N–H and O–H groups in total. The number of aromatic nitrogens is 4. The predicted octanol–water partition coefficient (Wildman–Crippen LogP) is 3.42. The number of nitrogens with one attached hydrogen (secondary N) is 1. The van der Waals surface area contributed by atoms with Crippen molar-refractivity contribution in [3.63, 3.8) is 0 Å². The third-order valence-electron chi connectivity index (χ3n) is 6.14. The molecule has 0 spiro atoms. The number of phenolic OH excluding ortho intramolecular Hbond substituents is 1. The minimum Gasteiger partial charge on any atom is -0.507 e. The lowest BCUT2D eigenvalue weighted by Gasteiger charge is -2.48. The summed E-state index contributed by atoms with van der Waals surface area (Å²) in [5.74, 6) is 0.386. The van der Waals surface area contributed by atoms with Crippen LogP contribution in [0, 0.1) is 0 Å². The number of rotatable bonds is 4. The van der Waals surface area contributed by atoms with Crippen LogP contribution in [0.25, 0.3) is 16.9 Å². The van der Waals surface area contributed by atoms with Crippen molar-refractivity contribution >= 4 is 0 Å². The first kappa shape index (κ1) is 19.0. The highest BCUT2D eigenvalue weighted by atomic mass is 19.1. The topological polar surface area (TPSA) is 85.1 Å². The fourth-order valence-electron chi connectivity index (χ4n) is 4.62. The van der Waals surface area contributed by atoms with Crippen LogP contribution in [0.15, 0.2) is 49.1 Å². The van der Waals surface area contributed by atoms with E-state index in [-0.39, 0.29) is 17.3 Å². The van der Waals surface area contributed by atoms with Gasteiger partial charge in [-0.2, -0.15) is 0 Å². The quantitative estimate of drug-likeness (QED) is 0.687. The molecule has 0 radical (unpaired) electrons. The number of hydrogen-bond acceptors (Lipinski definition) is 6. The van der Waals surface area contributed by atoms with Gasteiger partial charge in [0.05, 0.1) is 17.7 Å². The molecule has 5 rings (SSSR count). The number of imidazole rings is 1. The van der Waals surface area contributed by atoms with Crippen LogP contribution in [0.4, 0.5) is 4.39 Å². The Kier molecular flexibility index (Phi) is 4.66. The third-order valence-corrected chi connectivity index (χ3v) is 6.14. The van der Waals surface area contributed by atoms with E-state index in [0.29, 0.717) is 23.6 Å². The van der Waals surface area contributed by atoms with Gasteiger partial charge in [0.1, 0.15) is 11.9 Å². The summed E-state index contributed by atoms with van der Waals surface area (Å²) in [7, 11) is 0. The van der Waals surface area contributed by atoms with E-state index >= 15 is 0 Å². The molecule has 156 valence electrons. The Morgan fingerprint density at radius 3 is 2.90 bits per heavy atom. The van der Waals surface area contributed by atoms with Crippen LogP contribution >= 0.6 is 0 Å². The van der Waals surface area contributed by atoms with Gasteiger partial charge in [0, 0.05) is 48.1 Å². The van der Waals surface area contributed by atoms with E-state index in [1.54, 1.807) is 47.6 Å². The highest BCUT2D eigenvalue weighted by Crippen LogP contribution is 2.37. The van der Waals surface area contributed by atoms with E-state index in [2.05, 4.69) is 27.4 Å². The second-order valence-electron chi connectivity index (χ2n) is 8.44. The number of aromatic hydroxyl groups is 1. The van der Waals surface area contributed by atoms with Gasteiger partial charge in [-0.05, 0) is 44.4 Å². The summed E-state index contributed by atoms with van der Waals surface area (Å²) in [5, 5.41) is 22.2. The Labute approximate surface area is 173 Å². The zero-order valence-corrected chi connectivity index (χ0v) is 16.7. The SMILES string of the molecule is C[C@]12CCCC(N1)[C@H](F)[C@H](Oc1ccc(-c3ccc(-n4ccnc4)cc3O)nn1)C2. The highest BCUT2D eigenvalue weighted by Gasteiger charge is 2.47. The number of hydrogen-bond donors (Lipinski definition) is 2. The van der Waals surface area contributed by atoms with Gasteiger partial charge in [0.15, 0.2) is 6.17 Å². The summed E-state index contributed by atoms with van der Waals surface area (Å²) >= 11 is 0. The summed E-state index contributed by atoms with van der Waals surface area (Å²) in [6, 6.07) is 8.53. The molecule has 1 aromatic carbocycles. The molecule has 0 amide bonds. The predicted molar refractivity (Wildman–Crippen MR) is 109 cm³/mol. The number of ether oxygens (including phenoxy) is 1. The molecule has 2 aliphatic rings. The first-order valence-electron chi connectivity index (χ1n) is 10.2. The molecule has 8 heteroatoms. The van der Waals surface area contributed by atoms with Gasteiger partial charge in [-0.3, -0.25) is 0 Å². The van der Waals surface area contributed by atoms with E-state index < -0.39 is 12.3 Å². The molecule has 0 saturated carbocycles. The Morgan fingerprint density at radius 1 is 1.27 bits per heavy atom. The normalized spacial score (nSPS) is 28.3. The Bertz CT molecular complexity index is 1030. The maximum Gasteiger partial charge on any atom is 0.233 e. The fraction of sp³-hybridized carbons (Fsp3) is 0.409. The van der Waals surface area contributed by atoms with Crippen molar-refractivity contribution in [2.45, 2.75) is 56.5 Å². The molecule has 4 atom stereocenters. The molecule has 4 heterocycles. The van der Waals surface area contributed by atoms with Crippen molar-refractivity contribution in [3.8, 4) is 28.6 Å². The van der Waals surface area contributed by atoms with Gasteiger partial charge in [0.2, 0.25) is 5.88 Å². The molecule has 2 bridgehead atoms. The van der Waals surface area contributed by atoms with Gasteiger partial charge in [-0.25, -0.2) is 9.37 Å². The molecule has 7 nitrogen and oxygen atoms in total. The summed E-state index contributed by atoms with van der Waals surface area (Å²) in [5.41, 5.74) is 1.78. The van der Waals surface area contributed by atoms with Crippen LogP contribution in [-0.2, 0) is 0 Å². The zero-order valence-electron chi connectivity index (χ0n) is 16.7. The monoisotopic (exact) mass is 409 g/mol. The Morgan fingerprint density at radius 2 is 2.17 bits per heavy atom. The van der Waals surface area contributed by atoms with Gasteiger partial charge in [-0.15, -0.1) is 10.2 Å². The number of phenols is 1. The Balaban J connectivity index is 1.32. The molecule has 1 unspecified atom stereocenters. The van der Waals surface area contributed by atoms with Crippen molar-refractivity contribution < 1.29 is 14.2 Å². The number of piperidine rings is 2. The molecule has 2 aliphatic heterocycles. The molecular formula is C22H24FN5O2. The average Bonchev–Trinajstić information content (AvgIpc) is 3.27. The van der Waals surface area contributed by atoms with Crippen LogP contribution in [-0.4, -0.2) is 48.7 Å². The van der Waals surface area contributed by atoms with Crippen LogP contribution in [0.3, 0.4) is 0 Å². The van der Waals surface area contributed by atoms with Crippen molar-refractivity contribution in [1.29, 1.82) is 0 Å². The third kappa shape index (κ3) is 3.52. The number of nitrogens with zero attached hydrogens (tertiary/aromatic N) is 4. The lowest BCUT2D eigenvalue weighted by atomic mass is 9.75. The summed E-state index contributed by atoms with van der Waals surface area (Å²) in [6.07, 6.45) is 7.02. The van der Waals surface area contributed by atoms with Crippen LogP contribution in [0.2, 0.25) is 0 Å². The van der Waals surface area contributed by atoms with Gasteiger partial charge >= 0.3 is 0 Å². The molecule has 3 aromatic rings. The first-order valence-corrected chi connectivity index (χ1v) is 10.2. The smallest absolute Gasteiger partial charge is 0.233 e. The van der Waals surface area contributed by atoms with Gasteiger partial charge < -0.3 is 19.7 Å². The van der Waals surface area contributed by atoms with E-state index in [4.69, 9.17) is 4.74 Å². The second kappa shape index (κ2) is 7.36. The first-order chi connectivity index (χ1) is 14.5. The van der Waals surface area contributed by atoms with Crippen LogP contribution in [0.1, 0.15) is 32.6 Å². The molecular weight excluding hydrogens is 385 g/mol. The Hall–Kier alpha value is -3.00. The molecule has 2 saturated heterocycles. The molecule has 2 fully saturated rings. The van der Waals surface area contributed by atoms with E-state index in [1.165, 1.54) is 0 Å². The van der Waals surface area contributed by atoms with Crippen molar-refractivity contribution in [2.24, 2.45) is 0 Å². The maximum atomic E-state index is 14.9. The minimum atomic E-state index is -1.07. The lowest BCUT2D eigenvalue weighted by molar-refractivity contribution is -0.0221. The van der Waals surface area contributed by atoms with Crippen molar-refractivity contribution in [3.05, 3.63) is 49.1 Å². The fourth-order valence-corrected chi connectivity index (χ4v) is 4.62. The zero-order chi connectivity index (χ0) is 20.7. The largest absolute Gasteiger partial charge is 0.507 e. The van der Waals surface area contributed by atoms with E-state index in [0.717, 1.165) is 24.9 Å². The molecule has 2 aromatic heterocycles. The summed E-state index contributed by atoms with van der Waals surface area (Å²) in [6.45, 7) is 2.13. The van der Waals surface area contributed by atoms with Crippen LogP contribution in [0.5, 0.6) is 11.6 Å². The van der Waals surface area contributed by atoms with Crippen molar-refractivity contribution in [1.82, 2.24) is 25.1 Å². The standard InChI is InChI=1S/C22H24FN5O2/c1-22-8-2-3-17(25-22)21(23)19(12-22)30-20-7-6-16(26-27-20)15-5-4-14(11-18(15)29)28-10-9-24-13-28/h4-7,9-11,13,17,19,21,25,29H,2-3,8,12H2,1H3/t17?,19-,21+,22-/m1/s1. The number of alkyl halides is 1. The van der Waals surface area contributed by atoms with Crippen molar-refractivity contribution in [2.75, 3.05) is 0 Å². The van der Waals surface area contributed by atoms with Gasteiger partial charge in [-0.1, -0.05) is 0 Å². The van der Waals surface area contributed by atoms with Gasteiger partial charge in [0.25, 0.3) is 0 Å². The molecule has 30 heavy (non-hydrogen) atoms. The number of benzene rings is 1. The minimum absolute atomic E-state index is 0.0899. The summed E-state index contributed by atoms with van der Waals surface area (Å²) in [4.78, 5) is 4.01. The van der Waals surface area contributed by atoms with E-state index in [1.807, 2.05) is 6.07 Å². The average molecular weight is 409 g/mol. The van der Waals surface area contributed by atoms with E-state index in [9.17, 15) is 9.50 Å². The number of fused-ring (bicyclic) bond motifs is 2. The molecule has 0 aliphatic carbocycles. The second-order valence-corrected chi connectivity index (χ2v) is 8.44. The number of halogens is 1. The summed E-state index contributed by atoms with van der Waals surface area (Å²) < 4.78 is 22.5. The lowest BCUT2D eigenvalue weighted by Crippen LogP contribution is -2.64. The van der Waals surface area contributed by atoms with Crippen LogP contribution < -0.4 is 10.1 Å².